The second-order valence-corrected chi connectivity index (χ2v) is 6.98. The molecule has 1 saturated heterocycles. The Balaban J connectivity index is 1.96. The first-order valence-corrected chi connectivity index (χ1v) is 8.11. The molecule has 0 saturated carbocycles. The summed E-state index contributed by atoms with van der Waals surface area (Å²) in [6.07, 6.45) is 1.12. The normalized spacial score (nSPS) is 24.6. The molecule has 1 aliphatic rings. The molecule has 1 fully saturated rings. The molecule has 2 rings (SSSR count). The van der Waals surface area contributed by atoms with Gasteiger partial charge >= 0.3 is 0 Å². The van der Waals surface area contributed by atoms with E-state index in [-0.39, 0.29) is 5.75 Å². The van der Waals surface area contributed by atoms with E-state index in [0.717, 1.165) is 18.7 Å². The number of nitrogens with one attached hydrogen (secondary N) is 1. The Morgan fingerprint density at radius 1 is 1.37 bits per heavy atom. The zero-order chi connectivity index (χ0) is 14.0. The molecule has 6 heteroatoms. The fourth-order valence-electron chi connectivity index (χ4n) is 2.46. The number of nitrogens with two attached hydrogens (primary N) is 1. The molecular weight excluding hydrogens is 262 g/mol. The van der Waals surface area contributed by atoms with E-state index in [2.05, 4.69) is 24.2 Å². The number of primary sulfonamides is 1. The molecule has 0 aliphatic carbocycles. The molecule has 2 unspecified atom stereocenters. The molecule has 0 amide bonds. The van der Waals surface area contributed by atoms with Crippen LogP contribution in [0.2, 0.25) is 0 Å². The average Bonchev–Trinajstić information content (AvgIpc) is 2.59. The van der Waals surface area contributed by atoms with Crippen molar-refractivity contribution < 1.29 is 8.42 Å². The first kappa shape index (κ1) is 14.3. The quantitative estimate of drug-likeness (QED) is 0.863. The van der Waals surface area contributed by atoms with E-state index in [9.17, 15) is 8.42 Å². The lowest BCUT2D eigenvalue weighted by atomic mass is 10.1. The van der Waals surface area contributed by atoms with Crippen molar-refractivity contribution >= 4 is 15.7 Å². The molecule has 1 aromatic carbocycles. The monoisotopic (exact) mass is 283 g/mol. The summed E-state index contributed by atoms with van der Waals surface area (Å²) in [6.45, 7) is 3.25. The highest BCUT2D eigenvalue weighted by Gasteiger charge is 2.25. The summed E-state index contributed by atoms with van der Waals surface area (Å²) in [6, 6.07) is 8.46. The van der Waals surface area contributed by atoms with Crippen molar-refractivity contribution in [3.8, 4) is 0 Å². The molecule has 5 nitrogen and oxygen atoms in total. The van der Waals surface area contributed by atoms with Gasteiger partial charge in [0.2, 0.25) is 10.0 Å². The summed E-state index contributed by atoms with van der Waals surface area (Å²) in [7, 11) is -1.33. The SMILES string of the molecule is CC1CC(Nc2ccc(CS(N)(=O)=O)cc2)CN1C. The number of likely N-dealkylation sites (tertiary alicyclic amines) is 1. The number of anilines is 1. The predicted molar refractivity (Wildman–Crippen MR) is 77.4 cm³/mol. The molecule has 106 valence electrons. The van der Waals surface area contributed by atoms with Crippen molar-refractivity contribution in [2.75, 3.05) is 18.9 Å². The lowest BCUT2D eigenvalue weighted by molar-refractivity contribution is 0.330. The van der Waals surface area contributed by atoms with E-state index >= 15 is 0 Å². The highest BCUT2D eigenvalue weighted by molar-refractivity contribution is 7.88. The van der Waals surface area contributed by atoms with Gasteiger partial charge in [-0.05, 0) is 38.1 Å². The lowest BCUT2D eigenvalue weighted by Gasteiger charge is -2.14. The third kappa shape index (κ3) is 4.19. The van der Waals surface area contributed by atoms with Crippen LogP contribution in [-0.2, 0) is 15.8 Å². The number of benzene rings is 1. The molecular formula is C13H21N3O2S. The average molecular weight is 283 g/mol. The summed E-state index contributed by atoms with van der Waals surface area (Å²) in [4.78, 5) is 2.33. The van der Waals surface area contributed by atoms with Gasteiger partial charge in [0.05, 0.1) is 5.75 Å². The second kappa shape index (κ2) is 5.48. The maximum absolute atomic E-state index is 11.0. The standard InChI is InChI=1S/C13H21N3O2S/c1-10-7-13(8-16(10)2)15-12-5-3-11(4-6-12)9-19(14,17)18/h3-6,10,13,15H,7-9H2,1-2H3,(H2,14,17,18). The topological polar surface area (TPSA) is 75.4 Å². The third-order valence-corrected chi connectivity index (χ3v) is 4.31. The zero-order valence-electron chi connectivity index (χ0n) is 11.3. The van der Waals surface area contributed by atoms with Crippen LogP contribution in [0.3, 0.4) is 0 Å². The fraction of sp³-hybridized carbons (Fsp3) is 0.538. The Morgan fingerprint density at radius 3 is 2.47 bits per heavy atom. The number of hydrogen-bond acceptors (Lipinski definition) is 4. The van der Waals surface area contributed by atoms with Crippen molar-refractivity contribution in [2.45, 2.75) is 31.2 Å². The largest absolute Gasteiger partial charge is 0.381 e. The van der Waals surface area contributed by atoms with Gasteiger partial charge in [-0.2, -0.15) is 0 Å². The van der Waals surface area contributed by atoms with Gasteiger partial charge in [0.15, 0.2) is 0 Å². The minimum absolute atomic E-state index is 0.115. The first-order valence-electron chi connectivity index (χ1n) is 6.40. The second-order valence-electron chi connectivity index (χ2n) is 5.37. The molecule has 3 N–H and O–H groups in total. The van der Waals surface area contributed by atoms with E-state index < -0.39 is 10.0 Å². The van der Waals surface area contributed by atoms with Crippen LogP contribution in [0.5, 0.6) is 0 Å². The molecule has 0 spiro atoms. The van der Waals surface area contributed by atoms with Gasteiger partial charge < -0.3 is 10.2 Å². The number of likely N-dealkylation sites (N-methyl/N-ethyl adjacent to an activating group) is 1. The van der Waals surface area contributed by atoms with Crippen molar-refractivity contribution in [1.82, 2.24) is 4.90 Å². The van der Waals surface area contributed by atoms with Gasteiger partial charge in [-0.3, -0.25) is 0 Å². The van der Waals surface area contributed by atoms with Gasteiger partial charge in [-0.25, -0.2) is 13.6 Å². The van der Waals surface area contributed by atoms with E-state index in [1.54, 1.807) is 12.1 Å². The van der Waals surface area contributed by atoms with Crippen LogP contribution in [-0.4, -0.2) is 39.0 Å². The van der Waals surface area contributed by atoms with Crippen LogP contribution in [0.15, 0.2) is 24.3 Å². The van der Waals surface area contributed by atoms with Gasteiger partial charge in [-0.1, -0.05) is 12.1 Å². The maximum atomic E-state index is 11.0. The van der Waals surface area contributed by atoms with E-state index in [4.69, 9.17) is 5.14 Å². The number of nitrogens with zero attached hydrogens (tertiary/aromatic N) is 1. The fourth-order valence-corrected chi connectivity index (χ4v) is 3.12. The Morgan fingerprint density at radius 2 is 2.00 bits per heavy atom. The third-order valence-electron chi connectivity index (χ3n) is 3.58. The van der Waals surface area contributed by atoms with Crippen LogP contribution in [0.25, 0.3) is 0 Å². The Bertz CT molecular complexity index is 517. The van der Waals surface area contributed by atoms with Gasteiger partial charge in [0.1, 0.15) is 0 Å². The summed E-state index contributed by atoms with van der Waals surface area (Å²) in [5, 5.41) is 8.49. The van der Waals surface area contributed by atoms with Gasteiger partial charge in [0, 0.05) is 24.3 Å². The number of hydrogen-bond donors (Lipinski definition) is 2. The minimum atomic E-state index is -3.45. The molecule has 1 heterocycles. The summed E-state index contributed by atoms with van der Waals surface area (Å²) in [5.74, 6) is -0.115. The molecule has 0 radical (unpaired) electrons. The predicted octanol–water partition coefficient (Wildman–Crippen LogP) is 0.980. The van der Waals surface area contributed by atoms with Crippen molar-refractivity contribution in [3.63, 3.8) is 0 Å². The Hall–Kier alpha value is -1.11. The number of sulfonamides is 1. The van der Waals surface area contributed by atoms with Crippen molar-refractivity contribution in [3.05, 3.63) is 29.8 Å². The summed E-state index contributed by atoms with van der Waals surface area (Å²) in [5.41, 5.74) is 1.73. The van der Waals surface area contributed by atoms with Gasteiger partial charge in [0.25, 0.3) is 0 Å². The van der Waals surface area contributed by atoms with Gasteiger partial charge in [-0.15, -0.1) is 0 Å². The first-order chi connectivity index (χ1) is 8.83. The Labute approximate surface area is 114 Å². The summed E-state index contributed by atoms with van der Waals surface area (Å²) < 4.78 is 22.0. The highest BCUT2D eigenvalue weighted by atomic mass is 32.2. The van der Waals surface area contributed by atoms with E-state index in [1.807, 2.05) is 12.1 Å². The summed E-state index contributed by atoms with van der Waals surface area (Å²) >= 11 is 0. The smallest absolute Gasteiger partial charge is 0.213 e. The van der Waals surface area contributed by atoms with Crippen LogP contribution >= 0.6 is 0 Å². The lowest BCUT2D eigenvalue weighted by Crippen LogP contribution is -2.24. The molecule has 1 aliphatic heterocycles. The maximum Gasteiger partial charge on any atom is 0.213 e. The Kier molecular flexibility index (Phi) is 4.13. The van der Waals surface area contributed by atoms with Crippen LogP contribution in [0, 0.1) is 0 Å². The molecule has 0 aromatic heterocycles. The minimum Gasteiger partial charge on any atom is -0.381 e. The van der Waals surface area contributed by atoms with Crippen LogP contribution in [0.4, 0.5) is 5.69 Å². The zero-order valence-corrected chi connectivity index (χ0v) is 12.2. The molecule has 0 bridgehead atoms. The van der Waals surface area contributed by atoms with E-state index in [1.165, 1.54) is 0 Å². The van der Waals surface area contributed by atoms with Crippen LogP contribution < -0.4 is 10.5 Å². The van der Waals surface area contributed by atoms with E-state index in [0.29, 0.717) is 17.6 Å². The molecule has 2 atom stereocenters. The van der Waals surface area contributed by atoms with Crippen molar-refractivity contribution in [2.24, 2.45) is 5.14 Å². The number of rotatable bonds is 4. The van der Waals surface area contributed by atoms with Crippen molar-refractivity contribution in [1.29, 1.82) is 0 Å². The molecule has 19 heavy (non-hydrogen) atoms. The molecule has 1 aromatic rings. The highest BCUT2D eigenvalue weighted by Crippen LogP contribution is 2.20. The van der Waals surface area contributed by atoms with Crippen LogP contribution in [0.1, 0.15) is 18.9 Å².